The number of phenols is 1. The van der Waals surface area contributed by atoms with Crippen LogP contribution in [0.2, 0.25) is 0 Å². The molecule has 0 aliphatic carbocycles. The van der Waals surface area contributed by atoms with E-state index in [1.165, 1.54) is 18.2 Å². The maximum atomic E-state index is 12.1. The molecule has 6 nitrogen and oxygen atoms in total. The number of aromatic nitrogens is 1. The van der Waals surface area contributed by atoms with E-state index in [4.69, 9.17) is 4.74 Å². The van der Waals surface area contributed by atoms with Crippen LogP contribution >= 0.6 is 0 Å². The number of methoxy groups -OCH3 is 1. The minimum absolute atomic E-state index is 0.0950. The smallest absolute Gasteiger partial charge is 0.341 e. The van der Waals surface area contributed by atoms with E-state index in [9.17, 15) is 19.8 Å². The fourth-order valence-corrected chi connectivity index (χ4v) is 2.54. The second kappa shape index (κ2) is 6.52. The monoisotopic (exact) mass is 337 g/mol. The number of phenolic OH excluding ortho intramolecular Hbond substituents is 1. The highest BCUT2D eigenvalue weighted by Gasteiger charge is 2.16. The van der Waals surface area contributed by atoms with Crippen molar-refractivity contribution in [2.75, 3.05) is 7.11 Å². The molecule has 25 heavy (non-hydrogen) atoms. The fourth-order valence-electron chi connectivity index (χ4n) is 2.54. The maximum Gasteiger partial charge on any atom is 0.341 e. The Bertz CT molecular complexity index is 972. The predicted octanol–water partition coefficient (Wildman–Crippen LogP) is 3.12. The number of nitrogens with one attached hydrogen (secondary N) is 1. The van der Waals surface area contributed by atoms with Gasteiger partial charge in [0.15, 0.2) is 0 Å². The van der Waals surface area contributed by atoms with E-state index in [1.54, 1.807) is 43.5 Å². The van der Waals surface area contributed by atoms with Crippen LogP contribution in [0.5, 0.6) is 11.5 Å². The molecule has 0 atom stereocenters. The molecule has 0 fully saturated rings. The summed E-state index contributed by atoms with van der Waals surface area (Å²) >= 11 is 0. The van der Waals surface area contributed by atoms with Crippen molar-refractivity contribution < 1.29 is 19.7 Å². The molecule has 1 aromatic heterocycles. The van der Waals surface area contributed by atoms with Crippen LogP contribution in [0.25, 0.3) is 22.4 Å². The van der Waals surface area contributed by atoms with Crippen LogP contribution in [0.15, 0.2) is 59.4 Å². The van der Waals surface area contributed by atoms with Gasteiger partial charge in [-0.2, -0.15) is 0 Å². The number of aromatic amines is 1. The van der Waals surface area contributed by atoms with Gasteiger partial charge in [0.2, 0.25) is 0 Å². The summed E-state index contributed by atoms with van der Waals surface area (Å²) < 4.78 is 5.13. The molecule has 0 radical (unpaired) electrons. The van der Waals surface area contributed by atoms with Gasteiger partial charge < -0.3 is 19.9 Å². The quantitative estimate of drug-likeness (QED) is 0.679. The van der Waals surface area contributed by atoms with Gasteiger partial charge in [-0.25, -0.2) is 4.79 Å². The number of rotatable bonds is 4. The Labute approximate surface area is 143 Å². The summed E-state index contributed by atoms with van der Waals surface area (Å²) in [5.74, 6) is -0.542. The van der Waals surface area contributed by atoms with Gasteiger partial charge in [-0.15, -0.1) is 0 Å². The molecule has 0 amide bonds. The molecule has 3 N–H and O–H groups in total. The van der Waals surface area contributed by atoms with Gasteiger partial charge >= 0.3 is 5.97 Å². The van der Waals surface area contributed by atoms with E-state index < -0.39 is 11.5 Å². The number of carboxylic acids is 1. The van der Waals surface area contributed by atoms with Crippen molar-refractivity contribution in [2.24, 2.45) is 0 Å². The minimum Gasteiger partial charge on any atom is -0.508 e. The zero-order valence-electron chi connectivity index (χ0n) is 13.3. The molecule has 0 bridgehead atoms. The lowest BCUT2D eigenvalue weighted by molar-refractivity contribution is 0.0695. The number of hydrogen-bond donors (Lipinski definition) is 3. The Morgan fingerprint density at radius 1 is 1.00 bits per heavy atom. The highest BCUT2D eigenvalue weighted by molar-refractivity contribution is 5.91. The topological polar surface area (TPSA) is 99.6 Å². The molecule has 0 unspecified atom stereocenters. The van der Waals surface area contributed by atoms with Crippen LogP contribution in [0.1, 0.15) is 10.4 Å². The summed E-state index contributed by atoms with van der Waals surface area (Å²) in [6.45, 7) is 0. The number of carbonyl (C=O) groups is 1. The largest absolute Gasteiger partial charge is 0.508 e. The Balaban J connectivity index is 2.25. The van der Waals surface area contributed by atoms with Crippen molar-refractivity contribution in [1.82, 2.24) is 4.98 Å². The van der Waals surface area contributed by atoms with Crippen LogP contribution in [-0.2, 0) is 0 Å². The lowest BCUT2D eigenvalue weighted by Crippen LogP contribution is -2.18. The summed E-state index contributed by atoms with van der Waals surface area (Å²) in [5, 5.41) is 18.7. The number of H-pyrrole nitrogens is 1. The summed E-state index contributed by atoms with van der Waals surface area (Å²) in [6.07, 6.45) is 0. The lowest BCUT2D eigenvalue weighted by atomic mass is 9.97. The first-order chi connectivity index (χ1) is 12.0. The molecule has 0 aliphatic heterocycles. The molecule has 2 aromatic carbocycles. The van der Waals surface area contributed by atoms with Gasteiger partial charge in [0.1, 0.15) is 17.1 Å². The fraction of sp³-hybridized carbons (Fsp3) is 0.0526. The molecule has 126 valence electrons. The third-order valence-electron chi connectivity index (χ3n) is 3.83. The summed E-state index contributed by atoms with van der Waals surface area (Å²) in [5.41, 5.74) is 1.38. The summed E-state index contributed by atoms with van der Waals surface area (Å²) in [4.78, 5) is 26.1. The van der Waals surface area contributed by atoms with E-state index in [1.807, 2.05) is 0 Å². The molecular formula is C19H15NO5. The minimum atomic E-state index is -1.30. The van der Waals surface area contributed by atoms with Crippen molar-refractivity contribution in [3.05, 3.63) is 70.5 Å². The SMILES string of the molecule is COc1ccc(-c2[nH]c(=O)c(C(=O)O)cc2-c2ccc(O)cc2)cc1. The van der Waals surface area contributed by atoms with E-state index in [0.717, 1.165) is 0 Å². The highest BCUT2D eigenvalue weighted by Crippen LogP contribution is 2.32. The third-order valence-corrected chi connectivity index (χ3v) is 3.83. The van der Waals surface area contributed by atoms with Crippen molar-refractivity contribution in [1.29, 1.82) is 0 Å². The van der Waals surface area contributed by atoms with Crippen LogP contribution in [0.4, 0.5) is 0 Å². The molecule has 6 heteroatoms. The third kappa shape index (κ3) is 3.23. The average molecular weight is 337 g/mol. The van der Waals surface area contributed by atoms with Crippen molar-refractivity contribution in [2.45, 2.75) is 0 Å². The van der Waals surface area contributed by atoms with E-state index in [-0.39, 0.29) is 11.3 Å². The number of carboxylic acid groups (broad SMARTS) is 1. The van der Waals surface area contributed by atoms with Gasteiger partial charge in [0.05, 0.1) is 12.8 Å². The molecule has 0 aliphatic rings. The first-order valence-electron chi connectivity index (χ1n) is 7.44. The number of benzene rings is 2. The van der Waals surface area contributed by atoms with Crippen LogP contribution in [-0.4, -0.2) is 28.3 Å². The number of hydrogen-bond acceptors (Lipinski definition) is 4. The predicted molar refractivity (Wildman–Crippen MR) is 93.1 cm³/mol. The highest BCUT2D eigenvalue weighted by atomic mass is 16.5. The zero-order valence-corrected chi connectivity index (χ0v) is 13.3. The number of aromatic hydroxyl groups is 1. The summed E-state index contributed by atoms with van der Waals surface area (Å²) in [7, 11) is 1.56. The Morgan fingerprint density at radius 3 is 2.16 bits per heavy atom. The molecule has 1 heterocycles. The average Bonchev–Trinajstić information content (AvgIpc) is 2.62. The van der Waals surface area contributed by atoms with Crippen molar-refractivity contribution in [3.63, 3.8) is 0 Å². The van der Waals surface area contributed by atoms with Gasteiger partial charge in [0.25, 0.3) is 5.56 Å². The van der Waals surface area contributed by atoms with Crippen LogP contribution in [0.3, 0.4) is 0 Å². The van der Waals surface area contributed by atoms with Gasteiger partial charge in [-0.05, 0) is 53.6 Å². The van der Waals surface area contributed by atoms with Crippen LogP contribution in [0, 0.1) is 0 Å². The number of pyridine rings is 1. The molecule has 3 rings (SSSR count). The number of aromatic carboxylic acids is 1. The van der Waals surface area contributed by atoms with E-state index in [2.05, 4.69) is 4.98 Å². The maximum absolute atomic E-state index is 12.1. The molecule has 3 aromatic rings. The lowest BCUT2D eigenvalue weighted by Gasteiger charge is -2.12. The molecule has 0 spiro atoms. The van der Waals surface area contributed by atoms with E-state index in [0.29, 0.717) is 28.1 Å². The van der Waals surface area contributed by atoms with Crippen LogP contribution < -0.4 is 10.3 Å². The zero-order chi connectivity index (χ0) is 18.0. The number of ether oxygens (including phenoxy) is 1. The Kier molecular flexibility index (Phi) is 4.26. The standard InChI is InChI=1S/C19H15NO5/c1-25-14-8-4-12(5-9-14)17-15(11-2-6-13(21)7-3-11)10-16(19(23)24)18(22)20-17/h2-10,21H,1H3,(H,20,22)(H,23,24). The van der Waals surface area contributed by atoms with Gasteiger partial charge in [-0.1, -0.05) is 12.1 Å². The molecule has 0 saturated carbocycles. The Morgan fingerprint density at radius 2 is 1.60 bits per heavy atom. The summed E-state index contributed by atoms with van der Waals surface area (Å²) in [6, 6.07) is 14.7. The Hall–Kier alpha value is -3.54. The van der Waals surface area contributed by atoms with E-state index >= 15 is 0 Å². The van der Waals surface area contributed by atoms with Crippen molar-refractivity contribution >= 4 is 5.97 Å². The first kappa shape index (κ1) is 16.3. The second-order valence-corrected chi connectivity index (χ2v) is 5.38. The van der Waals surface area contributed by atoms with Gasteiger partial charge in [0, 0.05) is 5.56 Å². The second-order valence-electron chi connectivity index (χ2n) is 5.38. The first-order valence-corrected chi connectivity index (χ1v) is 7.44. The molecule has 0 saturated heterocycles. The normalized spacial score (nSPS) is 10.4. The van der Waals surface area contributed by atoms with Gasteiger partial charge in [-0.3, -0.25) is 4.79 Å². The van der Waals surface area contributed by atoms with Crippen molar-refractivity contribution in [3.8, 4) is 33.9 Å². The molecular weight excluding hydrogens is 322 g/mol.